The number of rotatable bonds is 6. The Bertz CT molecular complexity index is 654. The van der Waals surface area contributed by atoms with Crippen molar-refractivity contribution < 1.29 is 9.53 Å². The van der Waals surface area contributed by atoms with Crippen LogP contribution in [0.4, 0.5) is 0 Å². The molecule has 0 fully saturated rings. The van der Waals surface area contributed by atoms with Gasteiger partial charge in [0, 0.05) is 23.1 Å². The van der Waals surface area contributed by atoms with Crippen LogP contribution in [0.3, 0.4) is 0 Å². The molecule has 0 bridgehead atoms. The first-order valence-electron chi connectivity index (χ1n) is 6.84. The first kappa shape index (κ1) is 16.7. The SMILES string of the molecule is COC(C)(CNC(=O)C=Cc1cccs1)c1cccc(Cl)c1. The van der Waals surface area contributed by atoms with Gasteiger partial charge < -0.3 is 10.1 Å². The van der Waals surface area contributed by atoms with Crippen LogP contribution < -0.4 is 5.32 Å². The summed E-state index contributed by atoms with van der Waals surface area (Å²) >= 11 is 7.61. The average molecular weight is 336 g/mol. The average Bonchev–Trinajstić information content (AvgIpc) is 3.04. The van der Waals surface area contributed by atoms with E-state index in [1.807, 2.05) is 48.7 Å². The Kier molecular flexibility index (Phi) is 5.77. The Hall–Kier alpha value is -1.62. The largest absolute Gasteiger partial charge is 0.372 e. The van der Waals surface area contributed by atoms with E-state index >= 15 is 0 Å². The highest BCUT2D eigenvalue weighted by molar-refractivity contribution is 7.10. The van der Waals surface area contributed by atoms with Gasteiger partial charge in [0.05, 0.1) is 6.54 Å². The van der Waals surface area contributed by atoms with Crippen LogP contribution in [0.25, 0.3) is 6.08 Å². The molecule has 0 spiro atoms. The monoisotopic (exact) mass is 335 g/mol. The van der Waals surface area contributed by atoms with E-state index in [9.17, 15) is 4.79 Å². The summed E-state index contributed by atoms with van der Waals surface area (Å²) in [6.07, 6.45) is 3.32. The van der Waals surface area contributed by atoms with Gasteiger partial charge in [-0.05, 0) is 42.1 Å². The second-order valence-corrected chi connectivity index (χ2v) is 6.43. The minimum Gasteiger partial charge on any atom is -0.372 e. The number of nitrogens with one attached hydrogen (secondary N) is 1. The number of carbonyl (C=O) groups excluding carboxylic acids is 1. The zero-order valence-electron chi connectivity index (χ0n) is 12.5. The summed E-state index contributed by atoms with van der Waals surface area (Å²) in [5.41, 5.74) is 0.294. The molecule has 1 aromatic carbocycles. The maximum Gasteiger partial charge on any atom is 0.244 e. The number of hydrogen-bond donors (Lipinski definition) is 1. The molecule has 1 aromatic heterocycles. The molecule has 0 radical (unpaired) electrons. The van der Waals surface area contributed by atoms with Gasteiger partial charge in [0.25, 0.3) is 0 Å². The molecule has 3 nitrogen and oxygen atoms in total. The first-order chi connectivity index (χ1) is 10.5. The maximum atomic E-state index is 11.9. The molecule has 5 heteroatoms. The number of methoxy groups -OCH3 is 1. The van der Waals surface area contributed by atoms with Gasteiger partial charge >= 0.3 is 0 Å². The highest BCUT2D eigenvalue weighted by Crippen LogP contribution is 2.26. The van der Waals surface area contributed by atoms with Crippen molar-refractivity contribution in [3.05, 3.63) is 63.3 Å². The van der Waals surface area contributed by atoms with Crippen molar-refractivity contribution in [2.45, 2.75) is 12.5 Å². The Balaban J connectivity index is 1.99. The van der Waals surface area contributed by atoms with Gasteiger partial charge in [-0.2, -0.15) is 0 Å². The minimum atomic E-state index is -0.628. The lowest BCUT2D eigenvalue weighted by molar-refractivity contribution is -0.118. The second-order valence-electron chi connectivity index (χ2n) is 5.01. The predicted molar refractivity (Wildman–Crippen MR) is 92.2 cm³/mol. The molecule has 1 amide bonds. The fraction of sp³-hybridized carbons (Fsp3) is 0.235. The number of benzene rings is 1. The lowest BCUT2D eigenvalue weighted by Crippen LogP contribution is -2.39. The number of halogens is 1. The summed E-state index contributed by atoms with van der Waals surface area (Å²) in [5, 5.41) is 5.48. The molecule has 2 rings (SSSR count). The standard InChI is InChI=1S/C17H18ClNO2S/c1-17(21-2,13-5-3-6-14(18)11-13)12-19-16(20)9-8-15-7-4-10-22-15/h3-11H,12H2,1-2H3,(H,19,20). The highest BCUT2D eigenvalue weighted by atomic mass is 35.5. The van der Waals surface area contributed by atoms with Crippen molar-refractivity contribution in [1.29, 1.82) is 0 Å². The number of thiophene rings is 1. The summed E-state index contributed by atoms with van der Waals surface area (Å²) < 4.78 is 5.58. The van der Waals surface area contributed by atoms with Crippen molar-refractivity contribution in [2.75, 3.05) is 13.7 Å². The van der Waals surface area contributed by atoms with E-state index in [2.05, 4.69) is 5.32 Å². The lowest BCUT2D eigenvalue weighted by atomic mass is 9.95. The van der Waals surface area contributed by atoms with Gasteiger partial charge in [-0.3, -0.25) is 4.79 Å². The Morgan fingerprint density at radius 2 is 2.23 bits per heavy atom. The summed E-state index contributed by atoms with van der Waals surface area (Å²) in [5.74, 6) is -0.154. The third-order valence-corrected chi connectivity index (χ3v) is 4.50. The highest BCUT2D eigenvalue weighted by Gasteiger charge is 2.26. The normalized spacial score (nSPS) is 14.0. The molecule has 1 unspecified atom stereocenters. The smallest absolute Gasteiger partial charge is 0.244 e. The van der Waals surface area contributed by atoms with E-state index in [0.717, 1.165) is 10.4 Å². The van der Waals surface area contributed by atoms with E-state index in [1.54, 1.807) is 24.5 Å². The van der Waals surface area contributed by atoms with Crippen molar-refractivity contribution in [3.63, 3.8) is 0 Å². The van der Waals surface area contributed by atoms with Crippen LogP contribution in [0.2, 0.25) is 5.02 Å². The van der Waals surface area contributed by atoms with Crippen molar-refractivity contribution in [1.82, 2.24) is 5.32 Å². The molecule has 1 atom stereocenters. The first-order valence-corrected chi connectivity index (χ1v) is 8.10. The molecule has 0 aliphatic rings. The minimum absolute atomic E-state index is 0.154. The van der Waals surface area contributed by atoms with Gasteiger partial charge in [0.15, 0.2) is 0 Å². The summed E-state index contributed by atoms with van der Waals surface area (Å²) in [7, 11) is 1.62. The lowest BCUT2D eigenvalue weighted by Gasteiger charge is -2.29. The molecule has 0 aliphatic carbocycles. The molecule has 1 heterocycles. The van der Waals surface area contributed by atoms with E-state index in [-0.39, 0.29) is 5.91 Å². The zero-order chi connectivity index (χ0) is 16.0. The van der Waals surface area contributed by atoms with E-state index in [0.29, 0.717) is 11.6 Å². The van der Waals surface area contributed by atoms with E-state index < -0.39 is 5.60 Å². The molecule has 1 N–H and O–H groups in total. The molecular weight excluding hydrogens is 318 g/mol. The van der Waals surface area contributed by atoms with Gasteiger partial charge in [-0.1, -0.05) is 29.8 Å². The molecule has 22 heavy (non-hydrogen) atoms. The van der Waals surface area contributed by atoms with Crippen LogP contribution in [0.15, 0.2) is 47.9 Å². The molecule has 0 saturated heterocycles. The Morgan fingerprint density at radius 1 is 1.41 bits per heavy atom. The Morgan fingerprint density at radius 3 is 2.86 bits per heavy atom. The van der Waals surface area contributed by atoms with E-state index in [4.69, 9.17) is 16.3 Å². The topological polar surface area (TPSA) is 38.3 Å². The van der Waals surface area contributed by atoms with Crippen LogP contribution in [0.5, 0.6) is 0 Å². The quantitative estimate of drug-likeness (QED) is 0.807. The van der Waals surface area contributed by atoms with Gasteiger partial charge in [-0.15, -0.1) is 11.3 Å². The maximum absolute atomic E-state index is 11.9. The summed E-state index contributed by atoms with van der Waals surface area (Å²) in [4.78, 5) is 13.0. The zero-order valence-corrected chi connectivity index (χ0v) is 14.1. The van der Waals surface area contributed by atoms with Crippen molar-refractivity contribution >= 4 is 34.9 Å². The molecule has 116 valence electrons. The van der Waals surface area contributed by atoms with Gasteiger partial charge in [0.2, 0.25) is 5.91 Å². The second kappa shape index (κ2) is 7.58. The third-order valence-electron chi connectivity index (χ3n) is 3.43. The van der Waals surface area contributed by atoms with Crippen LogP contribution in [0, 0.1) is 0 Å². The van der Waals surface area contributed by atoms with Gasteiger partial charge in [-0.25, -0.2) is 0 Å². The molecular formula is C17H18ClNO2S. The van der Waals surface area contributed by atoms with Crippen molar-refractivity contribution in [3.8, 4) is 0 Å². The van der Waals surface area contributed by atoms with Crippen LogP contribution in [-0.2, 0) is 15.1 Å². The summed E-state index contributed by atoms with van der Waals surface area (Å²) in [6, 6.07) is 11.4. The van der Waals surface area contributed by atoms with Crippen LogP contribution in [0.1, 0.15) is 17.4 Å². The fourth-order valence-electron chi connectivity index (χ4n) is 1.97. The van der Waals surface area contributed by atoms with Crippen LogP contribution >= 0.6 is 22.9 Å². The van der Waals surface area contributed by atoms with Crippen molar-refractivity contribution in [2.24, 2.45) is 0 Å². The predicted octanol–water partition coefficient (Wildman–Crippen LogP) is 4.09. The summed E-state index contributed by atoms with van der Waals surface area (Å²) in [6.45, 7) is 2.28. The number of ether oxygens (including phenoxy) is 1. The van der Waals surface area contributed by atoms with Crippen LogP contribution in [-0.4, -0.2) is 19.6 Å². The number of amides is 1. The fourth-order valence-corrected chi connectivity index (χ4v) is 2.78. The number of hydrogen-bond acceptors (Lipinski definition) is 3. The molecule has 0 saturated carbocycles. The Labute approximate surface area is 139 Å². The molecule has 2 aromatic rings. The number of carbonyl (C=O) groups is 1. The van der Waals surface area contributed by atoms with Gasteiger partial charge in [0.1, 0.15) is 5.60 Å². The third kappa shape index (κ3) is 4.44. The van der Waals surface area contributed by atoms with E-state index in [1.165, 1.54) is 6.08 Å². The molecule has 0 aliphatic heterocycles.